The van der Waals surface area contributed by atoms with Gasteiger partial charge in [-0.2, -0.15) is 4.98 Å². The number of nitrogens with one attached hydrogen (secondary N) is 1. The third-order valence-electron chi connectivity index (χ3n) is 4.27. The van der Waals surface area contributed by atoms with E-state index in [0.29, 0.717) is 21.5 Å². The Morgan fingerprint density at radius 3 is 2.59 bits per heavy atom. The van der Waals surface area contributed by atoms with E-state index in [2.05, 4.69) is 20.4 Å². The number of fused-ring (bicyclic) bond motifs is 1. The van der Waals surface area contributed by atoms with E-state index in [9.17, 15) is 9.59 Å². The van der Waals surface area contributed by atoms with Crippen molar-refractivity contribution in [3.8, 4) is 0 Å². The minimum atomic E-state index is -0.187. The minimum absolute atomic E-state index is 0.108. The summed E-state index contributed by atoms with van der Waals surface area (Å²) in [5.41, 5.74) is 2.99. The Morgan fingerprint density at radius 2 is 1.90 bits per heavy atom. The van der Waals surface area contributed by atoms with Crippen molar-refractivity contribution in [2.24, 2.45) is 0 Å². The van der Waals surface area contributed by atoms with Crippen LogP contribution in [-0.2, 0) is 11.2 Å². The summed E-state index contributed by atoms with van der Waals surface area (Å²) in [6.45, 7) is 3.77. The Labute approximate surface area is 177 Å². The topological polar surface area (TPSA) is 92.5 Å². The third-order valence-corrected chi connectivity index (χ3v) is 5.93. The number of thioether (sulfide) groups is 2. The van der Waals surface area contributed by atoms with E-state index in [1.54, 1.807) is 24.7 Å². The number of aromatic nitrogens is 4. The smallest absolute Gasteiger partial charge is 0.286 e. The second kappa shape index (κ2) is 8.83. The highest BCUT2D eigenvalue weighted by atomic mass is 32.2. The normalized spacial score (nSPS) is 10.9. The number of rotatable bonds is 5. The molecule has 3 aromatic rings. The fourth-order valence-corrected chi connectivity index (χ4v) is 3.81. The summed E-state index contributed by atoms with van der Waals surface area (Å²) in [6.07, 6.45) is 2.05. The van der Waals surface area contributed by atoms with Crippen LogP contribution >= 0.6 is 23.5 Å². The molecule has 0 atom stereocenters. The average Bonchev–Trinajstić information content (AvgIpc) is 3.09. The fourth-order valence-electron chi connectivity index (χ4n) is 2.73. The molecule has 1 aromatic carbocycles. The fraction of sp³-hybridized carbons (Fsp3) is 0.316. The molecule has 0 unspecified atom stereocenters. The molecule has 0 radical (unpaired) electrons. The molecular formula is C19H22N6O2S2. The van der Waals surface area contributed by atoms with E-state index >= 15 is 0 Å². The highest BCUT2D eigenvalue weighted by Crippen LogP contribution is 2.29. The van der Waals surface area contributed by atoms with E-state index in [-0.39, 0.29) is 17.6 Å². The monoisotopic (exact) mass is 430 g/mol. The van der Waals surface area contributed by atoms with Gasteiger partial charge in [0.05, 0.1) is 12.1 Å². The maximum absolute atomic E-state index is 12.8. The molecule has 2 aromatic heterocycles. The highest BCUT2D eigenvalue weighted by molar-refractivity contribution is 8.13. The molecule has 1 N–H and O–H groups in total. The highest BCUT2D eigenvalue weighted by Gasteiger charge is 2.17. The first-order valence-corrected chi connectivity index (χ1v) is 10.9. The van der Waals surface area contributed by atoms with E-state index in [1.807, 2.05) is 38.3 Å². The van der Waals surface area contributed by atoms with E-state index in [4.69, 9.17) is 0 Å². The molecule has 8 nitrogen and oxygen atoms in total. The van der Waals surface area contributed by atoms with E-state index < -0.39 is 0 Å². The molecule has 0 saturated carbocycles. The lowest BCUT2D eigenvalue weighted by Gasteiger charge is -2.14. The average molecular weight is 431 g/mol. The number of hydrogen-bond donors (Lipinski definition) is 1. The van der Waals surface area contributed by atoms with Crippen LogP contribution in [0.2, 0.25) is 0 Å². The number of hydrogen-bond acceptors (Lipinski definition) is 7. The second-order valence-corrected chi connectivity index (χ2v) is 8.32. The Kier molecular flexibility index (Phi) is 6.43. The van der Waals surface area contributed by atoms with Crippen LogP contribution in [0.25, 0.3) is 5.78 Å². The molecule has 2 heterocycles. The van der Waals surface area contributed by atoms with E-state index in [1.165, 1.54) is 16.7 Å². The Bertz CT molecular complexity index is 1080. The van der Waals surface area contributed by atoms with Crippen LogP contribution in [0.1, 0.15) is 17.0 Å². The van der Waals surface area contributed by atoms with Crippen molar-refractivity contribution in [2.45, 2.75) is 30.3 Å². The van der Waals surface area contributed by atoms with Crippen molar-refractivity contribution < 1.29 is 9.59 Å². The van der Waals surface area contributed by atoms with Gasteiger partial charge in [0.2, 0.25) is 11.1 Å². The maximum atomic E-state index is 12.8. The second-order valence-electron chi connectivity index (χ2n) is 6.55. The van der Waals surface area contributed by atoms with Gasteiger partial charge in [0.1, 0.15) is 0 Å². The molecular weight excluding hydrogens is 408 g/mol. The van der Waals surface area contributed by atoms with Crippen molar-refractivity contribution in [2.75, 3.05) is 25.7 Å². The molecule has 0 aliphatic carbocycles. The van der Waals surface area contributed by atoms with Crippen LogP contribution in [-0.4, -0.2) is 56.0 Å². The lowest BCUT2D eigenvalue weighted by Crippen LogP contribution is -2.19. The number of anilines is 1. The molecule has 10 heteroatoms. The molecule has 0 spiro atoms. The summed E-state index contributed by atoms with van der Waals surface area (Å²) < 4.78 is 1.67. The van der Waals surface area contributed by atoms with Crippen LogP contribution in [0, 0.1) is 13.8 Å². The zero-order valence-electron chi connectivity index (χ0n) is 16.9. The Balaban J connectivity index is 1.82. The van der Waals surface area contributed by atoms with Crippen LogP contribution in [0.3, 0.4) is 0 Å². The number of benzene rings is 1. The lowest BCUT2D eigenvalue weighted by atomic mass is 10.1. The van der Waals surface area contributed by atoms with Gasteiger partial charge >= 0.3 is 0 Å². The number of amides is 2. The van der Waals surface area contributed by atoms with Gasteiger partial charge in [0.25, 0.3) is 11.0 Å². The lowest BCUT2D eigenvalue weighted by molar-refractivity contribution is -0.115. The summed E-state index contributed by atoms with van der Waals surface area (Å²) in [4.78, 5) is 35.8. The molecule has 152 valence electrons. The first kappa shape index (κ1) is 21.1. The van der Waals surface area contributed by atoms with Gasteiger partial charge in [-0.25, -0.2) is 9.50 Å². The van der Waals surface area contributed by atoms with Crippen LogP contribution in [0.4, 0.5) is 10.5 Å². The van der Waals surface area contributed by atoms with Crippen molar-refractivity contribution in [1.82, 2.24) is 24.5 Å². The molecule has 0 fully saturated rings. The summed E-state index contributed by atoms with van der Waals surface area (Å²) in [7, 11) is 3.38. The standard InChI is InChI=1S/C19H22N6O2S2/c1-11-13(12(2)25-17(20-11)22-18(23-25)28-5)10-16(26)21-14-8-6-7-9-15(14)29-19(27)24(3)4/h6-9H,10H2,1-5H3,(H,21,26). The SMILES string of the molecule is CSc1nc2nc(C)c(CC(=O)Nc3ccccc3SC(=O)N(C)C)c(C)n2n1. The summed E-state index contributed by atoms with van der Waals surface area (Å²) in [5.74, 6) is 0.338. The molecule has 0 aliphatic heterocycles. The first-order chi connectivity index (χ1) is 13.8. The number of para-hydroxylation sites is 1. The Morgan fingerprint density at radius 1 is 1.17 bits per heavy atom. The first-order valence-electron chi connectivity index (χ1n) is 8.85. The Hall–Kier alpha value is -2.59. The zero-order valence-corrected chi connectivity index (χ0v) is 18.5. The minimum Gasteiger partial charge on any atom is -0.339 e. The quantitative estimate of drug-likeness (QED) is 0.620. The molecule has 2 amide bonds. The predicted octanol–water partition coefficient (Wildman–Crippen LogP) is 3.42. The molecule has 0 saturated heterocycles. The van der Waals surface area contributed by atoms with Crippen LogP contribution in [0.5, 0.6) is 0 Å². The van der Waals surface area contributed by atoms with Gasteiger partial charge < -0.3 is 10.2 Å². The van der Waals surface area contributed by atoms with Gasteiger partial charge in [-0.15, -0.1) is 5.10 Å². The van der Waals surface area contributed by atoms with Gasteiger partial charge in [-0.1, -0.05) is 23.9 Å². The summed E-state index contributed by atoms with van der Waals surface area (Å²) in [6, 6.07) is 7.25. The molecule has 0 aliphatic rings. The van der Waals surface area contributed by atoms with Crippen molar-refractivity contribution >= 4 is 46.1 Å². The zero-order chi connectivity index (χ0) is 21.1. The van der Waals surface area contributed by atoms with Crippen LogP contribution < -0.4 is 5.32 Å². The van der Waals surface area contributed by atoms with Crippen LogP contribution in [0.15, 0.2) is 34.3 Å². The molecule has 3 rings (SSSR count). The van der Waals surface area contributed by atoms with Gasteiger partial charge in [0, 0.05) is 35.9 Å². The maximum Gasteiger partial charge on any atom is 0.286 e. The predicted molar refractivity (Wildman–Crippen MR) is 116 cm³/mol. The number of carbonyl (C=O) groups is 2. The number of aryl methyl sites for hydroxylation is 2. The number of nitrogens with zero attached hydrogens (tertiary/aromatic N) is 5. The third kappa shape index (κ3) is 4.70. The molecule has 29 heavy (non-hydrogen) atoms. The van der Waals surface area contributed by atoms with E-state index in [0.717, 1.165) is 28.7 Å². The number of carbonyl (C=O) groups excluding carboxylic acids is 2. The van der Waals surface area contributed by atoms with Crippen molar-refractivity contribution in [3.05, 3.63) is 41.2 Å². The molecule has 0 bridgehead atoms. The summed E-state index contributed by atoms with van der Waals surface area (Å²) in [5, 5.41) is 7.86. The summed E-state index contributed by atoms with van der Waals surface area (Å²) >= 11 is 2.52. The van der Waals surface area contributed by atoms with Crippen molar-refractivity contribution in [1.29, 1.82) is 0 Å². The van der Waals surface area contributed by atoms with Gasteiger partial charge in [-0.3, -0.25) is 9.59 Å². The van der Waals surface area contributed by atoms with Gasteiger partial charge in [0.15, 0.2) is 0 Å². The van der Waals surface area contributed by atoms with Crippen molar-refractivity contribution in [3.63, 3.8) is 0 Å². The largest absolute Gasteiger partial charge is 0.339 e. The van der Waals surface area contributed by atoms with Gasteiger partial charge in [-0.05, 0) is 44.0 Å².